The van der Waals surface area contributed by atoms with Crippen LogP contribution in [-0.4, -0.2) is 16.9 Å². The zero-order valence-corrected chi connectivity index (χ0v) is 14.1. The van der Waals surface area contributed by atoms with Gasteiger partial charge in [-0.2, -0.15) is 0 Å². The van der Waals surface area contributed by atoms with Crippen molar-refractivity contribution in [2.24, 2.45) is 0 Å². The van der Waals surface area contributed by atoms with Crippen molar-refractivity contribution in [3.63, 3.8) is 0 Å². The maximum absolute atomic E-state index is 11.8. The number of carbonyl (C=O) groups is 2. The number of benzene rings is 1. The summed E-state index contributed by atoms with van der Waals surface area (Å²) < 4.78 is 0. The van der Waals surface area contributed by atoms with Gasteiger partial charge in [-0.1, -0.05) is 17.7 Å². The molecule has 2 amide bonds. The maximum Gasteiger partial charge on any atom is 0.269 e. The Balaban J connectivity index is 1.77. The molecule has 1 aromatic heterocycles. The molecule has 0 saturated carbocycles. The summed E-state index contributed by atoms with van der Waals surface area (Å²) in [5, 5.41) is 4.86. The van der Waals surface area contributed by atoms with Crippen LogP contribution in [0.5, 0.6) is 0 Å². The van der Waals surface area contributed by atoms with Gasteiger partial charge in [-0.15, -0.1) is 11.3 Å². The van der Waals surface area contributed by atoms with Gasteiger partial charge in [-0.3, -0.25) is 25.8 Å². The molecule has 0 radical (unpaired) electrons. The average molecular weight is 366 g/mol. The zero-order valence-electron chi connectivity index (χ0n) is 11.7. The van der Waals surface area contributed by atoms with E-state index >= 15 is 0 Å². The van der Waals surface area contributed by atoms with E-state index in [1.165, 1.54) is 17.4 Å². The Bertz CT molecular complexity index is 728. The number of rotatable bonds is 3. The Kier molecular flexibility index (Phi) is 6.28. The monoisotopic (exact) mass is 365 g/mol. The van der Waals surface area contributed by atoms with Gasteiger partial charge in [0.15, 0.2) is 5.11 Å². The largest absolute Gasteiger partial charge is 0.298 e. The second kappa shape index (κ2) is 8.42. The lowest BCUT2D eigenvalue weighted by Crippen LogP contribution is -2.48. The molecule has 8 heteroatoms. The molecule has 23 heavy (non-hydrogen) atoms. The van der Waals surface area contributed by atoms with Crippen LogP contribution in [0.25, 0.3) is 6.08 Å². The third-order valence-electron chi connectivity index (χ3n) is 2.57. The average Bonchev–Trinajstić information content (AvgIpc) is 3.05. The minimum atomic E-state index is -0.396. The lowest BCUT2D eigenvalue weighted by molar-refractivity contribution is -0.115. The molecule has 0 aliphatic heterocycles. The lowest BCUT2D eigenvalue weighted by atomic mass is 10.2. The molecular formula is C15H12ClN3O2S2. The zero-order chi connectivity index (χ0) is 16.7. The van der Waals surface area contributed by atoms with Gasteiger partial charge in [0.05, 0.1) is 0 Å². The quantitative estimate of drug-likeness (QED) is 0.444. The summed E-state index contributed by atoms with van der Waals surface area (Å²) in [7, 11) is 0. The van der Waals surface area contributed by atoms with Crippen molar-refractivity contribution in [2.45, 2.75) is 0 Å². The summed E-state index contributed by atoms with van der Waals surface area (Å²) in [5.74, 6) is -0.788. The Hall–Kier alpha value is -2.22. The van der Waals surface area contributed by atoms with Crippen molar-refractivity contribution in [1.82, 2.24) is 16.2 Å². The summed E-state index contributed by atoms with van der Waals surface area (Å²) >= 11 is 12.2. The van der Waals surface area contributed by atoms with E-state index in [9.17, 15) is 9.59 Å². The van der Waals surface area contributed by atoms with E-state index in [1.807, 2.05) is 17.5 Å². The third kappa shape index (κ3) is 5.82. The number of halogens is 1. The summed E-state index contributed by atoms with van der Waals surface area (Å²) in [4.78, 5) is 24.4. The van der Waals surface area contributed by atoms with Crippen LogP contribution in [0.2, 0.25) is 5.02 Å². The molecule has 0 spiro atoms. The molecule has 5 nitrogen and oxygen atoms in total. The first kappa shape index (κ1) is 17.1. The smallest absolute Gasteiger partial charge is 0.269 e. The van der Waals surface area contributed by atoms with Gasteiger partial charge in [0.1, 0.15) is 0 Å². The predicted molar refractivity (Wildman–Crippen MR) is 96.1 cm³/mol. The highest BCUT2D eigenvalue weighted by atomic mass is 35.5. The molecule has 3 N–H and O–H groups in total. The molecule has 1 aromatic carbocycles. The summed E-state index contributed by atoms with van der Waals surface area (Å²) in [6.45, 7) is 0. The first-order valence-electron chi connectivity index (χ1n) is 6.43. The van der Waals surface area contributed by atoms with Gasteiger partial charge in [0.2, 0.25) is 5.91 Å². The number of carbonyl (C=O) groups excluding carboxylic acids is 2. The van der Waals surface area contributed by atoms with E-state index in [2.05, 4.69) is 16.2 Å². The number of hydrogen-bond donors (Lipinski definition) is 3. The molecular weight excluding hydrogens is 354 g/mol. The number of amides is 2. The van der Waals surface area contributed by atoms with Crippen molar-refractivity contribution in [1.29, 1.82) is 0 Å². The second-order valence-electron chi connectivity index (χ2n) is 4.25. The molecule has 0 bridgehead atoms. The normalized spacial score (nSPS) is 10.3. The van der Waals surface area contributed by atoms with Gasteiger partial charge >= 0.3 is 0 Å². The number of thiophene rings is 1. The van der Waals surface area contributed by atoms with Crippen LogP contribution in [0.15, 0.2) is 47.9 Å². The number of nitrogens with one attached hydrogen (secondary N) is 3. The van der Waals surface area contributed by atoms with Crippen molar-refractivity contribution in [3.8, 4) is 0 Å². The molecule has 0 atom stereocenters. The Morgan fingerprint density at radius 3 is 2.52 bits per heavy atom. The summed E-state index contributed by atoms with van der Waals surface area (Å²) in [5.41, 5.74) is 5.25. The minimum absolute atomic E-state index is 0.00635. The molecule has 0 aliphatic rings. The van der Waals surface area contributed by atoms with Gasteiger partial charge in [-0.05, 0) is 54.0 Å². The van der Waals surface area contributed by atoms with Gasteiger partial charge < -0.3 is 0 Å². The van der Waals surface area contributed by atoms with Crippen LogP contribution >= 0.6 is 35.2 Å². The fourth-order valence-corrected chi connectivity index (χ4v) is 2.41. The van der Waals surface area contributed by atoms with Crippen LogP contribution in [0.3, 0.4) is 0 Å². The fourth-order valence-electron chi connectivity index (χ4n) is 1.52. The SMILES string of the molecule is O=C(/C=C/c1cccs1)NC(=S)NNC(=O)c1ccc(Cl)cc1. The van der Waals surface area contributed by atoms with Gasteiger partial charge in [0, 0.05) is 21.5 Å². The van der Waals surface area contributed by atoms with E-state index < -0.39 is 11.8 Å². The standard InChI is InChI=1S/C15H12ClN3O2S2/c16-11-5-3-10(4-6-11)14(21)18-19-15(22)17-13(20)8-7-12-2-1-9-23-12/h1-9H,(H,18,21)(H2,17,19,20,22)/b8-7+. The highest BCUT2D eigenvalue weighted by Crippen LogP contribution is 2.10. The molecule has 0 saturated heterocycles. The van der Waals surface area contributed by atoms with E-state index in [4.69, 9.17) is 23.8 Å². The van der Waals surface area contributed by atoms with Crippen molar-refractivity contribution in [2.75, 3.05) is 0 Å². The molecule has 0 aliphatic carbocycles. The number of thiocarbonyl (C=S) groups is 1. The lowest BCUT2D eigenvalue weighted by Gasteiger charge is -2.09. The summed E-state index contributed by atoms with van der Waals surface area (Å²) in [6, 6.07) is 10.1. The van der Waals surface area contributed by atoms with Crippen LogP contribution in [0.1, 0.15) is 15.2 Å². The second-order valence-corrected chi connectivity index (χ2v) is 6.08. The fraction of sp³-hybridized carbons (Fsp3) is 0. The number of hydrogen-bond acceptors (Lipinski definition) is 4. The Morgan fingerprint density at radius 1 is 1.13 bits per heavy atom. The molecule has 0 fully saturated rings. The summed E-state index contributed by atoms with van der Waals surface area (Å²) in [6.07, 6.45) is 3.04. The van der Waals surface area contributed by atoms with E-state index in [1.54, 1.807) is 30.3 Å². The van der Waals surface area contributed by atoms with E-state index in [0.717, 1.165) is 4.88 Å². The third-order valence-corrected chi connectivity index (χ3v) is 3.87. The topological polar surface area (TPSA) is 70.2 Å². The van der Waals surface area contributed by atoms with Gasteiger partial charge in [0.25, 0.3) is 5.91 Å². The highest BCUT2D eigenvalue weighted by molar-refractivity contribution is 7.80. The van der Waals surface area contributed by atoms with Gasteiger partial charge in [-0.25, -0.2) is 0 Å². The highest BCUT2D eigenvalue weighted by Gasteiger charge is 2.06. The van der Waals surface area contributed by atoms with E-state index in [-0.39, 0.29) is 5.11 Å². The number of hydrazine groups is 1. The van der Waals surface area contributed by atoms with Crippen molar-refractivity contribution >= 4 is 58.2 Å². The van der Waals surface area contributed by atoms with E-state index in [0.29, 0.717) is 10.6 Å². The first-order chi connectivity index (χ1) is 11.0. The first-order valence-corrected chi connectivity index (χ1v) is 8.09. The minimum Gasteiger partial charge on any atom is -0.298 e. The maximum atomic E-state index is 11.8. The molecule has 0 unspecified atom stereocenters. The van der Waals surface area contributed by atoms with Crippen molar-refractivity contribution in [3.05, 3.63) is 63.3 Å². The molecule has 2 rings (SSSR count). The molecule has 2 aromatic rings. The van der Waals surface area contributed by atoms with Crippen LogP contribution in [0.4, 0.5) is 0 Å². The van der Waals surface area contributed by atoms with Crippen LogP contribution in [0, 0.1) is 0 Å². The Labute approximate surface area is 147 Å². The molecule has 1 heterocycles. The Morgan fingerprint density at radius 2 is 1.87 bits per heavy atom. The van der Waals surface area contributed by atoms with Crippen LogP contribution < -0.4 is 16.2 Å². The predicted octanol–water partition coefficient (Wildman–Crippen LogP) is 2.75. The van der Waals surface area contributed by atoms with Crippen LogP contribution in [-0.2, 0) is 4.79 Å². The molecule has 118 valence electrons. The van der Waals surface area contributed by atoms with Crippen molar-refractivity contribution < 1.29 is 9.59 Å².